The first-order valence-electron chi connectivity index (χ1n) is 8.31. The van der Waals surface area contributed by atoms with Gasteiger partial charge in [-0.2, -0.15) is 0 Å². The van der Waals surface area contributed by atoms with E-state index in [0.29, 0.717) is 0 Å². The number of benzene rings is 1. The molecule has 2 aromatic heterocycles. The van der Waals surface area contributed by atoms with Gasteiger partial charge in [0.2, 0.25) is 0 Å². The number of nitrogens with zero attached hydrogens (tertiary/aromatic N) is 2. The summed E-state index contributed by atoms with van der Waals surface area (Å²) in [5.41, 5.74) is 4.27. The lowest BCUT2D eigenvalue weighted by molar-refractivity contribution is 0.571. The topological polar surface area (TPSA) is 38.4 Å². The molecule has 0 atom stereocenters. The van der Waals surface area contributed by atoms with Gasteiger partial charge in [0.15, 0.2) is 0 Å². The molecule has 0 spiro atoms. The number of hydrogen-bond acceptors (Lipinski definition) is 3. The number of aromatic nitrogens is 1. The molecule has 124 valence electrons. The molecule has 0 fully saturated rings. The molecule has 1 aliphatic heterocycles. The zero-order valence-corrected chi connectivity index (χ0v) is 14.4. The van der Waals surface area contributed by atoms with Crippen LogP contribution in [0.3, 0.4) is 0 Å². The highest BCUT2D eigenvalue weighted by atomic mass is 35.5. The Morgan fingerprint density at radius 2 is 1.88 bits per heavy atom. The molecule has 3 nitrogen and oxygen atoms in total. The number of rotatable bonds is 3. The normalized spacial score (nSPS) is 16.0. The van der Waals surface area contributed by atoms with Crippen LogP contribution in [0.15, 0.2) is 75.9 Å². The average Bonchev–Trinajstić information content (AvgIpc) is 3.12. The summed E-state index contributed by atoms with van der Waals surface area (Å²) in [5.74, 6) is 1.66. The van der Waals surface area contributed by atoms with Crippen LogP contribution in [-0.2, 0) is 0 Å². The van der Waals surface area contributed by atoms with Gasteiger partial charge in [-0.1, -0.05) is 11.6 Å². The second-order valence-corrected chi connectivity index (χ2v) is 6.39. The van der Waals surface area contributed by atoms with Crippen LogP contribution >= 0.6 is 11.6 Å². The number of aliphatic imine (C=N–C) groups is 1. The molecule has 0 amide bonds. The Morgan fingerprint density at radius 3 is 2.68 bits per heavy atom. The third-order valence-electron chi connectivity index (χ3n) is 4.19. The Labute approximate surface area is 151 Å². The first-order valence-corrected chi connectivity index (χ1v) is 8.69. The second-order valence-electron chi connectivity index (χ2n) is 5.95. The average molecular weight is 349 g/mol. The highest BCUT2D eigenvalue weighted by molar-refractivity contribution is 6.30. The van der Waals surface area contributed by atoms with Gasteiger partial charge in [0.25, 0.3) is 0 Å². The van der Waals surface area contributed by atoms with Crippen LogP contribution in [0.5, 0.6) is 0 Å². The first-order chi connectivity index (χ1) is 12.3. The summed E-state index contributed by atoms with van der Waals surface area (Å²) in [7, 11) is 0. The third-order valence-corrected chi connectivity index (χ3v) is 4.44. The van der Waals surface area contributed by atoms with Gasteiger partial charge in [0.1, 0.15) is 11.5 Å². The molecular weight excluding hydrogens is 332 g/mol. The van der Waals surface area contributed by atoms with E-state index in [2.05, 4.69) is 11.1 Å². The molecule has 1 aromatic carbocycles. The van der Waals surface area contributed by atoms with Crippen molar-refractivity contribution in [3.05, 3.63) is 82.8 Å². The Balaban J connectivity index is 1.65. The van der Waals surface area contributed by atoms with E-state index < -0.39 is 0 Å². The van der Waals surface area contributed by atoms with Gasteiger partial charge in [0.05, 0.1) is 5.71 Å². The SMILES string of the molecule is Clc1ccc(-c2ccc(C=C3CCCN=C3c3cccnc3)o2)cc1. The lowest BCUT2D eigenvalue weighted by Crippen LogP contribution is -2.11. The van der Waals surface area contributed by atoms with Gasteiger partial charge in [-0.25, -0.2) is 0 Å². The van der Waals surface area contributed by atoms with Crippen molar-refractivity contribution in [3.8, 4) is 11.3 Å². The van der Waals surface area contributed by atoms with Crippen molar-refractivity contribution >= 4 is 23.4 Å². The number of pyridine rings is 1. The minimum atomic E-state index is 0.720. The summed E-state index contributed by atoms with van der Waals surface area (Å²) in [4.78, 5) is 8.91. The summed E-state index contributed by atoms with van der Waals surface area (Å²) in [5, 5.41) is 0.720. The molecule has 0 unspecified atom stereocenters. The fourth-order valence-corrected chi connectivity index (χ4v) is 3.10. The maximum atomic E-state index is 6.01. The molecule has 1 aliphatic rings. The molecule has 25 heavy (non-hydrogen) atoms. The molecule has 3 heterocycles. The molecule has 0 N–H and O–H groups in total. The second kappa shape index (κ2) is 7.08. The van der Waals surface area contributed by atoms with Gasteiger partial charge in [-0.05, 0) is 73.0 Å². The van der Waals surface area contributed by atoms with Gasteiger partial charge in [0, 0.05) is 35.1 Å². The smallest absolute Gasteiger partial charge is 0.134 e. The van der Waals surface area contributed by atoms with Crippen molar-refractivity contribution in [2.24, 2.45) is 4.99 Å². The Bertz CT molecular complexity index is 924. The van der Waals surface area contributed by atoms with E-state index in [1.54, 1.807) is 6.20 Å². The quantitative estimate of drug-likeness (QED) is 0.612. The maximum Gasteiger partial charge on any atom is 0.134 e. The van der Waals surface area contributed by atoms with Crippen molar-refractivity contribution in [2.75, 3.05) is 6.54 Å². The summed E-state index contributed by atoms with van der Waals surface area (Å²) in [6.07, 6.45) is 7.77. The minimum absolute atomic E-state index is 0.720. The number of halogens is 1. The molecule has 0 aliphatic carbocycles. The minimum Gasteiger partial charge on any atom is -0.457 e. The van der Waals surface area contributed by atoms with Crippen LogP contribution in [0, 0.1) is 0 Å². The monoisotopic (exact) mass is 348 g/mol. The van der Waals surface area contributed by atoms with Crippen LogP contribution in [0.2, 0.25) is 5.02 Å². The Hall–Kier alpha value is -2.65. The fraction of sp³-hybridized carbons (Fsp3) is 0.143. The number of furan rings is 1. The number of allylic oxidation sites excluding steroid dienone is 1. The lowest BCUT2D eigenvalue weighted by Gasteiger charge is -2.15. The predicted octanol–water partition coefficient (Wildman–Crippen LogP) is 5.66. The molecule has 0 radical (unpaired) electrons. The Kier molecular flexibility index (Phi) is 4.49. The van der Waals surface area contributed by atoms with Gasteiger partial charge >= 0.3 is 0 Å². The van der Waals surface area contributed by atoms with Crippen LogP contribution in [0.4, 0.5) is 0 Å². The first kappa shape index (κ1) is 15.9. The van der Waals surface area contributed by atoms with E-state index in [4.69, 9.17) is 21.0 Å². The summed E-state index contributed by atoms with van der Waals surface area (Å²) >= 11 is 5.95. The van der Waals surface area contributed by atoms with Gasteiger partial charge < -0.3 is 4.42 Å². The Morgan fingerprint density at radius 1 is 1.00 bits per heavy atom. The van der Waals surface area contributed by atoms with E-state index in [-0.39, 0.29) is 0 Å². The number of hydrogen-bond donors (Lipinski definition) is 0. The van der Waals surface area contributed by atoms with Crippen molar-refractivity contribution in [1.29, 1.82) is 0 Å². The summed E-state index contributed by atoms with van der Waals surface area (Å²) < 4.78 is 6.01. The standard InChI is InChI=1S/C21H17ClN2O/c22-18-7-5-15(6-8-18)20-10-9-19(25-20)13-16-3-2-12-24-21(16)17-4-1-11-23-14-17/h1,4-11,13-14H,2-3,12H2. The van der Waals surface area contributed by atoms with E-state index in [9.17, 15) is 0 Å². The molecular formula is C21H17ClN2O. The molecule has 4 heteroatoms. The van der Waals surface area contributed by atoms with Gasteiger partial charge in [-0.15, -0.1) is 0 Å². The van der Waals surface area contributed by atoms with Gasteiger partial charge in [-0.3, -0.25) is 9.98 Å². The van der Waals surface area contributed by atoms with Crippen molar-refractivity contribution in [2.45, 2.75) is 12.8 Å². The summed E-state index contributed by atoms with van der Waals surface area (Å²) in [6, 6.07) is 15.6. The highest BCUT2D eigenvalue weighted by Gasteiger charge is 2.15. The van der Waals surface area contributed by atoms with Crippen molar-refractivity contribution in [1.82, 2.24) is 4.98 Å². The van der Waals surface area contributed by atoms with E-state index in [1.165, 1.54) is 5.57 Å². The molecule has 4 rings (SSSR count). The van der Waals surface area contributed by atoms with E-state index in [0.717, 1.165) is 52.8 Å². The molecule has 3 aromatic rings. The zero-order chi connectivity index (χ0) is 17.1. The zero-order valence-electron chi connectivity index (χ0n) is 13.7. The fourth-order valence-electron chi connectivity index (χ4n) is 2.97. The maximum absolute atomic E-state index is 6.01. The van der Waals surface area contributed by atoms with E-state index >= 15 is 0 Å². The van der Waals surface area contributed by atoms with Crippen LogP contribution in [-0.4, -0.2) is 17.2 Å². The lowest BCUT2D eigenvalue weighted by atomic mass is 9.96. The van der Waals surface area contributed by atoms with Crippen LogP contribution < -0.4 is 0 Å². The van der Waals surface area contributed by atoms with Crippen molar-refractivity contribution < 1.29 is 4.42 Å². The van der Waals surface area contributed by atoms with Crippen molar-refractivity contribution in [3.63, 3.8) is 0 Å². The predicted molar refractivity (Wildman–Crippen MR) is 102 cm³/mol. The molecule has 0 saturated heterocycles. The third kappa shape index (κ3) is 3.57. The van der Waals surface area contributed by atoms with E-state index in [1.807, 2.05) is 54.7 Å². The van der Waals surface area contributed by atoms with Crippen LogP contribution in [0.25, 0.3) is 17.4 Å². The highest BCUT2D eigenvalue weighted by Crippen LogP contribution is 2.27. The largest absolute Gasteiger partial charge is 0.457 e. The molecule has 0 saturated carbocycles. The van der Waals surface area contributed by atoms with Crippen LogP contribution in [0.1, 0.15) is 24.2 Å². The summed E-state index contributed by atoms with van der Waals surface area (Å²) in [6.45, 7) is 0.857. The molecule has 0 bridgehead atoms.